The van der Waals surface area contributed by atoms with E-state index in [0.717, 1.165) is 19.3 Å². The molecule has 0 saturated heterocycles. The average Bonchev–Trinajstić information content (AvgIpc) is 3.14. The molecule has 30 heavy (non-hydrogen) atoms. The van der Waals surface area contributed by atoms with Gasteiger partial charge in [0.25, 0.3) is 0 Å². The van der Waals surface area contributed by atoms with Gasteiger partial charge in [0.1, 0.15) is 12.4 Å². The van der Waals surface area contributed by atoms with Gasteiger partial charge in [-0.15, -0.1) is 0 Å². The zero-order chi connectivity index (χ0) is 22.1. The highest BCUT2D eigenvalue weighted by atomic mass is 32.3. The Hall–Kier alpha value is -0.960. The van der Waals surface area contributed by atoms with Gasteiger partial charge < -0.3 is 9.67 Å². The van der Waals surface area contributed by atoms with Crippen molar-refractivity contribution in [1.29, 1.82) is 0 Å². The van der Waals surface area contributed by atoms with Gasteiger partial charge >= 0.3 is 10.4 Å². The van der Waals surface area contributed by atoms with Gasteiger partial charge in [0.15, 0.2) is 0 Å². The third-order valence-corrected chi connectivity index (χ3v) is 6.00. The highest BCUT2D eigenvalue weighted by Crippen LogP contribution is 2.16. The highest BCUT2D eigenvalue weighted by Gasteiger charge is 2.18. The predicted molar refractivity (Wildman–Crippen MR) is 120 cm³/mol. The summed E-state index contributed by atoms with van der Waals surface area (Å²) in [6.07, 6.45) is 20.7. The Kier molecular flexibility index (Phi) is 15.1. The van der Waals surface area contributed by atoms with Crippen LogP contribution < -0.4 is 0 Å². The normalized spacial score (nSPS) is 13.0. The summed E-state index contributed by atoms with van der Waals surface area (Å²) in [5.74, 6) is 0.444. The van der Waals surface area contributed by atoms with Crippen LogP contribution in [0.5, 0.6) is 0 Å². The molecule has 0 bridgehead atoms. The number of hydrogen-bond donors (Lipinski definition) is 2. The molecule has 176 valence electrons. The lowest BCUT2D eigenvalue weighted by Crippen LogP contribution is -2.24. The minimum atomic E-state index is -4.51. The van der Waals surface area contributed by atoms with E-state index < -0.39 is 16.5 Å². The summed E-state index contributed by atoms with van der Waals surface area (Å²) in [7, 11) is -4.51. The van der Waals surface area contributed by atoms with Crippen LogP contribution in [0.1, 0.15) is 109 Å². The summed E-state index contributed by atoms with van der Waals surface area (Å²) in [6, 6.07) is 0. The molecule has 0 aliphatic heterocycles. The number of rotatable bonds is 20. The van der Waals surface area contributed by atoms with Gasteiger partial charge in [-0.1, -0.05) is 96.8 Å². The standard InChI is InChI=1S/C22H42N2O5S/c1-2-3-4-5-6-7-8-9-10-11-12-13-14-15-16-21(29-30(26,27)28)19-24-18-17-23-22(24)20-25/h17-18,21,25H,2-16,19-20H2,1H3,(H,26,27,28). The summed E-state index contributed by atoms with van der Waals surface area (Å²) in [4.78, 5) is 4.00. The molecule has 1 rings (SSSR count). The number of aliphatic hydroxyl groups excluding tert-OH is 1. The molecular formula is C22H42N2O5S. The minimum Gasteiger partial charge on any atom is -0.388 e. The first-order valence-electron chi connectivity index (χ1n) is 11.7. The van der Waals surface area contributed by atoms with Crippen molar-refractivity contribution < 1.29 is 22.3 Å². The average molecular weight is 447 g/mol. The van der Waals surface area contributed by atoms with Crippen molar-refractivity contribution in [2.45, 2.75) is 122 Å². The maximum Gasteiger partial charge on any atom is 0.397 e. The van der Waals surface area contributed by atoms with Crippen LogP contribution in [0.25, 0.3) is 0 Å². The summed E-state index contributed by atoms with van der Waals surface area (Å²) in [5.41, 5.74) is 0. The predicted octanol–water partition coefficient (Wildman–Crippen LogP) is 5.43. The van der Waals surface area contributed by atoms with E-state index >= 15 is 0 Å². The topological polar surface area (TPSA) is 102 Å². The van der Waals surface area contributed by atoms with Gasteiger partial charge in [0, 0.05) is 12.4 Å². The van der Waals surface area contributed by atoms with Gasteiger partial charge in [0.05, 0.1) is 12.6 Å². The van der Waals surface area contributed by atoms with Crippen LogP contribution in [-0.2, 0) is 27.7 Å². The van der Waals surface area contributed by atoms with E-state index in [1.807, 2.05) is 0 Å². The smallest absolute Gasteiger partial charge is 0.388 e. The fourth-order valence-corrected chi connectivity index (χ4v) is 4.29. The highest BCUT2D eigenvalue weighted by molar-refractivity contribution is 7.80. The molecule has 1 unspecified atom stereocenters. The third kappa shape index (κ3) is 14.1. The van der Waals surface area contributed by atoms with Crippen LogP contribution >= 0.6 is 0 Å². The van der Waals surface area contributed by atoms with Crippen LogP contribution in [0.3, 0.4) is 0 Å². The van der Waals surface area contributed by atoms with Crippen molar-refractivity contribution in [2.24, 2.45) is 0 Å². The molecular weight excluding hydrogens is 404 g/mol. The van der Waals surface area contributed by atoms with Gasteiger partial charge in [-0.25, -0.2) is 9.17 Å². The fourth-order valence-electron chi connectivity index (χ4n) is 3.79. The molecule has 1 atom stereocenters. The lowest BCUT2D eigenvalue weighted by atomic mass is 10.0. The minimum absolute atomic E-state index is 0.230. The van der Waals surface area contributed by atoms with E-state index in [4.69, 9.17) is 8.74 Å². The summed E-state index contributed by atoms with van der Waals surface area (Å²) >= 11 is 0. The van der Waals surface area contributed by atoms with Crippen LogP contribution in [0.4, 0.5) is 0 Å². The second-order valence-electron chi connectivity index (χ2n) is 8.18. The van der Waals surface area contributed by atoms with Crippen molar-refractivity contribution in [1.82, 2.24) is 9.55 Å². The van der Waals surface area contributed by atoms with E-state index in [1.54, 1.807) is 17.0 Å². The van der Waals surface area contributed by atoms with Crippen molar-refractivity contribution in [3.8, 4) is 0 Å². The quantitative estimate of drug-likeness (QED) is 0.204. The first-order valence-corrected chi connectivity index (χ1v) is 13.1. The molecule has 8 heteroatoms. The Morgan fingerprint density at radius 2 is 1.43 bits per heavy atom. The molecule has 1 aromatic rings. The van der Waals surface area contributed by atoms with E-state index in [9.17, 15) is 13.5 Å². The van der Waals surface area contributed by atoms with Crippen LogP contribution in [0.2, 0.25) is 0 Å². The monoisotopic (exact) mass is 446 g/mol. The second kappa shape index (κ2) is 16.7. The SMILES string of the molecule is CCCCCCCCCCCCCCCCC(Cn1ccnc1CO)OS(=O)(=O)O. The van der Waals surface area contributed by atoms with Gasteiger partial charge in [-0.2, -0.15) is 8.42 Å². The van der Waals surface area contributed by atoms with E-state index in [0.29, 0.717) is 12.2 Å². The van der Waals surface area contributed by atoms with E-state index in [1.165, 1.54) is 70.6 Å². The van der Waals surface area contributed by atoms with Crippen molar-refractivity contribution in [2.75, 3.05) is 0 Å². The Balaban J connectivity index is 2.10. The van der Waals surface area contributed by atoms with E-state index in [-0.39, 0.29) is 13.2 Å². The molecule has 0 radical (unpaired) electrons. The van der Waals surface area contributed by atoms with Gasteiger partial charge in [-0.05, 0) is 6.42 Å². The molecule has 0 aliphatic carbocycles. The molecule has 0 aliphatic rings. The number of imidazole rings is 1. The fraction of sp³-hybridized carbons (Fsp3) is 0.864. The van der Waals surface area contributed by atoms with Gasteiger partial charge in [0.2, 0.25) is 0 Å². The first-order chi connectivity index (χ1) is 14.5. The van der Waals surface area contributed by atoms with Crippen molar-refractivity contribution in [3.05, 3.63) is 18.2 Å². The Morgan fingerprint density at radius 3 is 1.90 bits per heavy atom. The summed E-state index contributed by atoms with van der Waals surface area (Å²) in [6.45, 7) is 2.25. The number of aliphatic hydroxyl groups is 1. The lowest BCUT2D eigenvalue weighted by molar-refractivity contribution is 0.148. The molecule has 0 spiro atoms. The number of aromatic nitrogens is 2. The van der Waals surface area contributed by atoms with Crippen LogP contribution in [-0.4, -0.2) is 33.7 Å². The first kappa shape index (κ1) is 27.1. The molecule has 1 aromatic heterocycles. The zero-order valence-corrected chi connectivity index (χ0v) is 19.5. The Bertz CT molecular complexity index is 633. The van der Waals surface area contributed by atoms with Crippen LogP contribution in [0.15, 0.2) is 12.4 Å². The second-order valence-corrected chi connectivity index (χ2v) is 9.23. The maximum atomic E-state index is 11.1. The van der Waals surface area contributed by atoms with Crippen LogP contribution in [0, 0.1) is 0 Å². The maximum absolute atomic E-state index is 11.1. The largest absolute Gasteiger partial charge is 0.397 e. The molecule has 1 heterocycles. The molecule has 7 nitrogen and oxygen atoms in total. The van der Waals surface area contributed by atoms with E-state index in [2.05, 4.69) is 11.9 Å². The number of hydrogen-bond acceptors (Lipinski definition) is 5. The molecule has 0 aromatic carbocycles. The lowest BCUT2D eigenvalue weighted by Gasteiger charge is -2.17. The Labute approximate surface area is 183 Å². The zero-order valence-electron chi connectivity index (χ0n) is 18.7. The molecule has 0 fully saturated rings. The summed E-state index contributed by atoms with van der Waals surface area (Å²) < 4.78 is 37.8. The molecule has 0 amide bonds. The van der Waals surface area contributed by atoms with Crippen molar-refractivity contribution in [3.63, 3.8) is 0 Å². The summed E-state index contributed by atoms with van der Waals surface area (Å²) in [5, 5.41) is 9.27. The number of nitrogens with zero attached hydrogens (tertiary/aromatic N) is 2. The third-order valence-electron chi connectivity index (χ3n) is 5.48. The molecule has 0 saturated carbocycles. The van der Waals surface area contributed by atoms with Gasteiger partial charge in [-0.3, -0.25) is 4.55 Å². The Morgan fingerprint density at radius 1 is 0.933 bits per heavy atom. The number of unbranched alkanes of at least 4 members (excludes halogenated alkanes) is 13. The molecule has 2 N–H and O–H groups in total. The van der Waals surface area contributed by atoms with Crippen molar-refractivity contribution >= 4 is 10.4 Å².